The van der Waals surface area contributed by atoms with Gasteiger partial charge < -0.3 is 9.32 Å². The Morgan fingerprint density at radius 1 is 1.14 bits per heavy atom. The summed E-state index contributed by atoms with van der Waals surface area (Å²) in [5.41, 5.74) is 3.80. The Labute approximate surface area is 171 Å². The van der Waals surface area contributed by atoms with Gasteiger partial charge in [0.1, 0.15) is 5.58 Å². The average molecular weight is 412 g/mol. The van der Waals surface area contributed by atoms with Crippen molar-refractivity contribution in [2.45, 2.75) is 38.8 Å². The fourth-order valence-electron chi connectivity index (χ4n) is 3.97. The van der Waals surface area contributed by atoms with E-state index in [9.17, 15) is 13.2 Å². The molecule has 0 N–H and O–H groups in total. The van der Waals surface area contributed by atoms with E-state index in [0.717, 1.165) is 28.5 Å². The molecule has 1 atom stereocenters. The second kappa shape index (κ2) is 8.03. The van der Waals surface area contributed by atoms with Crippen molar-refractivity contribution in [2.24, 2.45) is 0 Å². The molecule has 1 amide bonds. The van der Waals surface area contributed by atoms with E-state index < -0.39 is 9.84 Å². The molecule has 0 radical (unpaired) electrons. The fraction of sp³-hybridized carbons (Fsp3) is 0.348. The zero-order valence-corrected chi connectivity index (χ0v) is 17.3. The molecule has 152 valence electrons. The van der Waals surface area contributed by atoms with Gasteiger partial charge >= 0.3 is 0 Å². The highest BCUT2D eigenvalue weighted by Crippen LogP contribution is 2.26. The zero-order valence-electron chi connectivity index (χ0n) is 16.5. The second-order valence-corrected chi connectivity index (χ2v) is 9.91. The first-order valence-corrected chi connectivity index (χ1v) is 11.8. The molecule has 1 aliphatic rings. The standard InChI is InChI=1S/C23H25NO4S/c1-2-17-8-9-22-21(12-17)19(15-28-22)13-23(25)24(14-18-6-4-3-5-7-18)20-10-11-29(26,27)16-20/h3-9,12,15,20H,2,10-11,13-14,16H2,1H3/t20-/m1/s1. The lowest BCUT2D eigenvalue weighted by Crippen LogP contribution is -2.41. The van der Waals surface area contributed by atoms with Crippen molar-refractivity contribution >= 4 is 26.7 Å². The molecule has 2 aromatic carbocycles. The average Bonchev–Trinajstić information content (AvgIpc) is 3.29. The lowest BCUT2D eigenvalue weighted by atomic mass is 10.0. The van der Waals surface area contributed by atoms with E-state index >= 15 is 0 Å². The molecule has 1 saturated heterocycles. The lowest BCUT2D eigenvalue weighted by molar-refractivity contribution is -0.133. The van der Waals surface area contributed by atoms with Crippen LogP contribution in [0.25, 0.3) is 11.0 Å². The van der Waals surface area contributed by atoms with Crippen molar-refractivity contribution < 1.29 is 17.6 Å². The van der Waals surface area contributed by atoms with Crippen LogP contribution in [0.5, 0.6) is 0 Å². The number of amides is 1. The maximum Gasteiger partial charge on any atom is 0.227 e. The number of fused-ring (bicyclic) bond motifs is 1. The van der Waals surface area contributed by atoms with Crippen LogP contribution in [0.3, 0.4) is 0 Å². The molecule has 1 aromatic heterocycles. The summed E-state index contributed by atoms with van der Waals surface area (Å²) in [4.78, 5) is 15.0. The highest BCUT2D eigenvalue weighted by molar-refractivity contribution is 7.91. The van der Waals surface area contributed by atoms with E-state index in [4.69, 9.17) is 4.42 Å². The molecule has 0 unspecified atom stereocenters. The van der Waals surface area contributed by atoms with Crippen molar-refractivity contribution in [3.8, 4) is 0 Å². The third-order valence-corrected chi connectivity index (χ3v) is 7.38. The number of carbonyl (C=O) groups is 1. The highest BCUT2D eigenvalue weighted by atomic mass is 32.2. The molecule has 29 heavy (non-hydrogen) atoms. The van der Waals surface area contributed by atoms with E-state index in [1.165, 1.54) is 5.56 Å². The molecule has 0 spiro atoms. The molecule has 4 rings (SSSR count). The predicted molar refractivity (Wildman–Crippen MR) is 113 cm³/mol. The van der Waals surface area contributed by atoms with Gasteiger partial charge in [-0.15, -0.1) is 0 Å². The van der Waals surface area contributed by atoms with Crippen LogP contribution in [0.15, 0.2) is 59.2 Å². The van der Waals surface area contributed by atoms with Gasteiger partial charge in [0.2, 0.25) is 5.91 Å². The summed E-state index contributed by atoms with van der Waals surface area (Å²) in [6, 6.07) is 15.5. The number of carbonyl (C=O) groups excluding carboxylic acids is 1. The molecule has 0 bridgehead atoms. The van der Waals surface area contributed by atoms with Crippen LogP contribution in [-0.4, -0.2) is 36.8 Å². The first-order chi connectivity index (χ1) is 13.9. The van der Waals surface area contributed by atoms with Gasteiger partial charge in [0.15, 0.2) is 9.84 Å². The topological polar surface area (TPSA) is 67.6 Å². The van der Waals surface area contributed by atoms with Crippen LogP contribution in [0.1, 0.15) is 30.0 Å². The predicted octanol–water partition coefficient (Wildman–Crippen LogP) is 3.75. The molecule has 1 fully saturated rings. The number of furan rings is 1. The minimum absolute atomic E-state index is 0.0394. The van der Waals surface area contributed by atoms with E-state index in [0.29, 0.717) is 13.0 Å². The molecule has 6 heteroatoms. The number of hydrogen-bond donors (Lipinski definition) is 0. The molecule has 0 saturated carbocycles. The van der Waals surface area contributed by atoms with E-state index in [2.05, 4.69) is 13.0 Å². The van der Waals surface area contributed by atoms with Crippen molar-refractivity contribution in [2.75, 3.05) is 11.5 Å². The Hall–Kier alpha value is -2.60. The smallest absolute Gasteiger partial charge is 0.227 e. The highest BCUT2D eigenvalue weighted by Gasteiger charge is 2.34. The number of aryl methyl sites for hydroxylation is 1. The van der Waals surface area contributed by atoms with Crippen LogP contribution in [-0.2, 0) is 34.0 Å². The summed E-state index contributed by atoms with van der Waals surface area (Å²) >= 11 is 0. The third-order valence-electron chi connectivity index (χ3n) is 5.63. The third kappa shape index (κ3) is 4.37. The molecular formula is C23H25NO4S. The van der Waals surface area contributed by atoms with Gasteiger partial charge in [-0.25, -0.2) is 8.42 Å². The Bertz CT molecular complexity index is 1120. The van der Waals surface area contributed by atoms with Crippen LogP contribution >= 0.6 is 0 Å². The fourth-order valence-corrected chi connectivity index (χ4v) is 5.70. The Balaban J connectivity index is 1.61. The van der Waals surface area contributed by atoms with Gasteiger partial charge in [-0.2, -0.15) is 0 Å². The lowest BCUT2D eigenvalue weighted by Gasteiger charge is -2.28. The van der Waals surface area contributed by atoms with Gasteiger partial charge in [0, 0.05) is 23.5 Å². The largest absolute Gasteiger partial charge is 0.464 e. The number of benzene rings is 2. The summed E-state index contributed by atoms with van der Waals surface area (Å²) in [6.07, 6.45) is 3.25. The quantitative estimate of drug-likeness (QED) is 0.619. The minimum Gasteiger partial charge on any atom is -0.464 e. The Kier molecular flexibility index (Phi) is 5.46. The van der Waals surface area contributed by atoms with Crippen LogP contribution in [0, 0.1) is 0 Å². The molecule has 5 nitrogen and oxygen atoms in total. The summed E-state index contributed by atoms with van der Waals surface area (Å²) in [5, 5.41) is 0.955. The van der Waals surface area contributed by atoms with E-state index in [1.54, 1.807) is 11.2 Å². The zero-order chi connectivity index (χ0) is 20.4. The monoisotopic (exact) mass is 411 g/mol. The summed E-state index contributed by atoms with van der Waals surface area (Å²) < 4.78 is 29.7. The Morgan fingerprint density at radius 3 is 2.62 bits per heavy atom. The van der Waals surface area contributed by atoms with Crippen molar-refractivity contribution in [3.63, 3.8) is 0 Å². The van der Waals surface area contributed by atoms with E-state index in [1.807, 2.05) is 42.5 Å². The first kappa shape index (κ1) is 19.7. The van der Waals surface area contributed by atoms with E-state index in [-0.39, 0.29) is 29.9 Å². The molecule has 3 aromatic rings. The maximum absolute atomic E-state index is 13.3. The van der Waals surface area contributed by atoms with Crippen LogP contribution in [0.2, 0.25) is 0 Å². The van der Waals surface area contributed by atoms with Crippen LogP contribution in [0.4, 0.5) is 0 Å². The van der Waals surface area contributed by atoms with Gasteiger partial charge in [-0.3, -0.25) is 4.79 Å². The number of rotatable bonds is 6. The SMILES string of the molecule is CCc1ccc2occ(CC(=O)N(Cc3ccccc3)[C@@H]3CCS(=O)(=O)C3)c2c1. The second-order valence-electron chi connectivity index (χ2n) is 7.69. The maximum atomic E-state index is 13.3. The summed E-state index contributed by atoms with van der Waals surface area (Å²) in [7, 11) is -3.08. The summed E-state index contributed by atoms with van der Waals surface area (Å²) in [5.74, 6) is 0.114. The number of hydrogen-bond acceptors (Lipinski definition) is 4. The molecule has 1 aliphatic heterocycles. The van der Waals surface area contributed by atoms with Crippen molar-refractivity contribution in [1.82, 2.24) is 4.90 Å². The van der Waals surface area contributed by atoms with Crippen molar-refractivity contribution in [3.05, 3.63) is 71.5 Å². The van der Waals surface area contributed by atoms with Gasteiger partial charge in [0.05, 0.1) is 24.2 Å². The number of nitrogens with zero attached hydrogens (tertiary/aromatic N) is 1. The Morgan fingerprint density at radius 2 is 1.93 bits per heavy atom. The summed E-state index contributed by atoms with van der Waals surface area (Å²) in [6.45, 7) is 2.50. The number of sulfone groups is 1. The van der Waals surface area contributed by atoms with Gasteiger partial charge in [0.25, 0.3) is 0 Å². The normalized spacial score (nSPS) is 18.2. The minimum atomic E-state index is -3.08. The molecular weight excluding hydrogens is 386 g/mol. The molecule has 0 aliphatic carbocycles. The van der Waals surface area contributed by atoms with Gasteiger partial charge in [-0.05, 0) is 36.1 Å². The van der Waals surface area contributed by atoms with Crippen molar-refractivity contribution in [1.29, 1.82) is 0 Å². The van der Waals surface area contributed by atoms with Gasteiger partial charge in [-0.1, -0.05) is 43.3 Å². The van der Waals surface area contributed by atoms with Crippen LogP contribution < -0.4 is 0 Å². The first-order valence-electron chi connectivity index (χ1n) is 9.98. The molecule has 2 heterocycles.